The second kappa shape index (κ2) is 13.3. The molecule has 1 saturated carbocycles. The second-order valence-corrected chi connectivity index (χ2v) is 12.5. The van der Waals surface area contributed by atoms with Crippen molar-refractivity contribution < 1.29 is 28.6 Å². The molecule has 0 radical (unpaired) electrons. The van der Waals surface area contributed by atoms with Crippen LogP contribution in [0.1, 0.15) is 69.0 Å². The number of carbonyl (C=O) groups excluding carboxylic acids is 3. The lowest BCUT2D eigenvalue weighted by Crippen LogP contribution is -2.71. The molecule has 9 rings (SSSR count). The van der Waals surface area contributed by atoms with E-state index in [4.69, 9.17) is 19.2 Å². The highest BCUT2D eigenvalue weighted by molar-refractivity contribution is 6.03. The summed E-state index contributed by atoms with van der Waals surface area (Å²) in [5.41, 5.74) is 1.92. The number of benzene rings is 2. The van der Waals surface area contributed by atoms with Crippen molar-refractivity contribution in [2.45, 2.75) is 75.0 Å². The van der Waals surface area contributed by atoms with Crippen molar-refractivity contribution in [2.24, 2.45) is 15.9 Å². The van der Waals surface area contributed by atoms with Crippen molar-refractivity contribution in [3.8, 4) is 0 Å². The molecule has 2 amide bonds. The van der Waals surface area contributed by atoms with Crippen LogP contribution in [0.4, 0.5) is 0 Å². The summed E-state index contributed by atoms with van der Waals surface area (Å²) in [6, 6.07) is 19.9. The normalized spacial score (nSPS) is 31.7. The van der Waals surface area contributed by atoms with Crippen LogP contribution in [0, 0.1) is 5.92 Å². The van der Waals surface area contributed by atoms with E-state index in [0.29, 0.717) is 31.5 Å². The third-order valence-electron chi connectivity index (χ3n) is 9.92. The fourth-order valence-corrected chi connectivity index (χ4v) is 7.68. The van der Waals surface area contributed by atoms with E-state index >= 15 is 0 Å². The van der Waals surface area contributed by atoms with Gasteiger partial charge in [0.25, 0.3) is 5.91 Å². The highest BCUT2D eigenvalue weighted by Gasteiger charge is 2.71. The summed E-state index contributed by atoms with van der Waals surface area (Å²) in [7, 11) is 1.66. The summed E-state index contributed by atoms with van der Waals surface area (Å²) in [5, 5.41) is 0. The van der Waals surface area contributed by atoms with E-state index in [0.717, 1.165) is 55.2 Å². The quantitative estimate of drug-likeness (QED) is 0.267. The van der Waals surface area contributed by atoms with E-state index in [-0.39, 0.29) is 36.9 Å². The van der Waals surface area contributed by atoms with Crippen LogP contribution in [0.15, 0.2) is 83.3 Å². The van der Waals surface area contributed by atoms with Gasteiger partial charge in [-0.3, -0.25) is 19.5 Å². The molecule has 6 atom stereocenters. The van der Waals surface area contributed by atoms with Gasteiger partial charge in [0.2, 0.25) is 11.8 Å². The molecule has 6 heterocycles. The van der Waals surface area contributed by atoms with E-state index in [1.807, 2.05) is 77.4 Å². The van der Waals surface area contributed by atoms with Crippen LogP contribution in [0.2, 0.25) is 0 Å². The average Bonchev–Trinajstić information content (AvgIpc) is 3.84. The van der Waals surface area contributed by atoms with E-state index in [1.165, 1.54) is 0 Å². The van der Waals surface area contributed by atoms with Gasteiger partial charge in [-0.15, -0.1) is 6.58 Å². The van der Waals surface area contributed by atoms with Gasteiger partial charge in [-0.1, -0.05) is 73.2 Å². The van der Waals surface area contributed by atoms with Gasteiger partial charge >= 0.3 is 0 Å². The number of unbranched alkanes of at least 4 members (excludes halogenated alkanes) is 1. The largest absolute Gasteiger partial charge is 0.483 e. The number of aldehydes is 1. The van der Waals surface area contributed by atoms with Crippen LogP contribution < -0.4 is 0 Å². The summed E-state index contributed by atoms with van der Waals surface area (Å²) in [6.07, 6.45) is 7.35. The molecule has 2 unspecified atom stereocenters. The van der Waals surface area contributed by atoms with E-state index in [2.05, 4.69) is 11.6 Å². The lowest BCUT2D eigenvalue weighted by molar-refractivity contribution is -0.155. The van der Waals surface area contributed by atoms with Crippen LogP contribution in [0.25, 0.3) is 0 Å². The molecule has 0 N–H and O–H groups in total. The number of hydrogen-bond donors (Lipinski definition) is 0. The van der Waals surface area contributed by atoms with Gasteiger partial charge < -0.3 is 23.9 Å². The maximum atomic E-state index is 13.4. The molecule has 7 aliphatic rings. The van der Waals surface area contributed by atoms with Crippen LogP contribution in [-0.4, -0.2) is 83.5 Å². The number of ether oxygens (including phenoxy) is 3. The first kappa shape index (κ1) is 31.8. The summed E-state index contributed by atoms with van der Waals surface area (Å²) < 4.78 is 17.5. The molecule has 2 spiro atoms. The minimum atomic E-state index is -0.603. The fraction of sp³-hybridized carbons (Fsp3) is 0.472. The highest BCUT2D eigenvalue weighted by Crippen LogP contribution is 2.58. The Morgan fingerprint density at radius 3 is 2.35 bits per heavy atom. The molecule has 4 fully saturated rings. The minimum absolute atomic E-state index is 0.0152. The highest BCUT2D eigenvalue weighted by atomic mass is 16.5. The number of hydrogen-bond acceptors (Lipinski definition) is 8. The first-order chi connectivity index (χ1) is 22.4. The number of methoxy groups -OCH3 is 1. The van der Waals surface area contributed by atoms with E-state index < -0.39 is 11.1 Å². The number of piperidine rings is 1. The Kier molecular flexibility index (Phi) is 9.20. The Hall–Kier alpha value is -4.15. The van der Waals surface area contributed by atoms with Gasteiger partial charge in [0.1, 0.15) is 23.9 Å². The third-order valence-corrected chi connectivity index (χ3v) is 9.92. The number of allylic oxidation sites excluding steroid dienone is 1. The maximum absolute atomic E-state index is 13.4. The van der Waals surface area contributed by atoms with Crippen molar-refractivity contribution in [3.05, 3.63) is 84.4 Å². The predicted octanol–water partition coefficient (Wildman–Crippen LogP) is 4.82. The first-order valence-corrected chi connectivity index (χ1v) is 16.1. The van der Waals surface area contributed by atoms with E-state index in [1.54, 1.807) is 13.2 Å². The third kappa shape index (κ3) is 5.37. The van der Waals surface area contributed by atoms with Crippen LogP contribution in [0.5, 0.6) is 0 Å². The van der Waals surface area contributed by atoms with Gasteiger partial charge in [-0.25, -0.2) is 4.99 Å². The number of carbonyl (C=O) groups is 3. The first-order valence-electron chi connectivity index (χ1n) is 16.1. The Morgan fingerprint density at radius 1 is 1.02 bits per heavy atom. The molecule has 242 valence electrons. The molecule has 2 aromatic rings. The average molecular weight is 627 g/mol. The standard InChI is InChI=1S/C18H20N2O3.C13H14N2O2.C5H8O/c1-22-15-17-10-13-8-5-9-18(13,19-15)16(21)20(17)14(23-11-17)12-6-3-2-4-7-12;1-9-11-8-17-13(10-5-3-2-4-6-10)15(11)12(16)7-14-9;1-2-3-4-5-6/h2-4,6-7,13-14H,5,8-11H2,1H3;2-6,11,13H,7-8H2,1H3;2,5H,1,3-4H2/t13-,14-,17?,18?;11-,13+;/m10./s1. The van der Waals surface area contributed by atoms with Crippen LogP contribution >= 0.6 is 0 Å². The van der Waals surface area contributed by atoms with Gasteiger partial charge in [0.05, 0.1) is 26.4 Å². The summed E-state index contributed by atoms with van der Waals surface area (Å²) in [6.45, 7) is 6.66. The van der Waals surface area contributed by atoms with Crippen LogP contribution in [-0.2, 0) is 28.6 Å². The summed E-state index contributed by atoms with van der Waals surface area (Å²) >= 11 is 0. The molecule has 3 saturated heterocycles. The minimum Gasteiger partial charge on any atom is -0.483 e. The maximum Gasteiger partial charge on any atom is 0.254 e. The molecular weight excluding hydrogens is 584 g/mol. The lowest BCUT2D eigenvalue weighted by Gasteiger charge is -2.54. The number of rotatable bonds is 5. The molecule has 1 aliphatic carbocycles. The Labute approximate surface area is 270 Å². The summed E-state index contributed by atoms with van der Waals surface area (Å²) in [5.74, 6) is 1.21. The lowest BCUT2D eigenvalue weighted by atomic mass is 9.68. The van der Waals surface area contributed by atoms with E-state index in [9.17, 15) is 14.4 Å². The molecule has 46 heavy (non-hydrogen) atoms. The van der Waals surface area contributed by atoms with Gasteiger partial charge in [-0.2, -0.15) is 0 Å². The Morgan fingerprint density at radius 2 is 1.72 bits per heavy atom. The van der Waals surface area contributed by atoms with Crippen molar-refractivity contribution in [1.29, 1.82) is 0 Å². The van der Waals surface area contributed by atoms with Crippen molar-refractivity contribution in [1.82, 2.24) is 9.80 Å². The number of fused-ring (bicyclic) bond motifs is 1. The topological polar surface area (TPSA) is 110 Å². The van der Waals surface area contributed by atoms with Gasteiger partial charge in [-0.05, 0) is 38.5 Å². The number of amides is 2. The molecule has 10 nitrogen and oxygen atoms in total. The zero-order valence-electron chi connectivity index (χ0n) is 26.5. The number of nitrogens with zero attached hydrogens (tertiary/aromatic N) is 4. The van der Waals surface area contributed by atoms with Crippen molar-refractivity contribution >= 4 is 29.7 Å². The fourth-order valence-electron chi connectivity index (χ4n) is 7.68. The SMILES string of the molecule is C=CCCC=O.CC1=NCC(=O)N2[C@@H](c3ccccc3)OC[C@@H]12.COC1=NC23CCC[C@@H]2CC12CO[C@H](c1ccccc1)N2C3=O. The van der Waals surface area contributed by atoms with Gasteiger partial charge in [0, 0.05) is 23.3 Å². The monoisotopic (exact) mass is 626 g/mol. The summed E-state index contributed by atoms with van der Waals surface area (Å²) in [4.78, 5) is 47.7. The predicted molar refractivity (Wildman–Crippen MR) is 173 cm³/mol. The van der Waals surface area contributed by atoms with Crippen molar-refractivity contribution in [3.63, 3.8) is 0 Å². The zero-order chi connectivity index (χ0) is 32.3. The smallest absolute Gasteiger partial charge is 0.254 e. The molecule has 10 heteroatoms. The Balaban J connectivity index is 0.000000142. The molecular formula is C36H42N4O6. The Bertz CT molecular complexity index is 1500. The number of aliphatic imine (C=N–C) groups is 2. The van der Waals surface area contributed by atoms with Crippen molar-refractivity contribution in [2.75, 3.05) is 26.9 Å². The molecule has 2 aromatic carbocycles. The second-order valence-electron chi connectivity index (χ2n) is 12.5. The zero-order valence-corrected chi connectivity index (χ0v) is 26.5. The molecule has 0 aromatic heterocycles. The molecule has 6 aliphatic heterocycles. The van der Waals surface area contributed by atoms with Crippen LogP contribution in [0.3, 0.4) is 0 Å². The van der Waals surface area contributed by atoms with Gasteiger partial charge in [0.15, 0.2) is 12.5 Å². The molecule has 2 bridgehead atoms.